The van der Waals surface area contributed by atoms with E-state index in [1.54, 1.807) is 13.2 Å². The summed E-state index contributed by atoms with van der Waals surface area (Å²) in [7, 11) is 1.65. The highest BCUT2D eigenvalue weighted by Crippen LogP contribution is 2.26. The summed E-state index contributed by atoms with van der Waals surface area (Å²) < 4.78 is 7.39. The second-order valence-electron chi connectivity index (χ2n) is 4.80. The summed E-state index contributed by atoms with van der Waals surface area (Å²) in [5, 5.41) is 1.56. The summed E-state index contributed by atoms with van der Waals surface area (Å²) >= 11 is 6.08. The molecule has 3 aromatic rings. The first kappa shape index (κ1) is 13.7. The van der Waals surface area contributed by atoms with Crippen LogP contribution >= 0.6 is 11.6 Å². The van der Waals surface area contributed by atoms with Gasteiger partial charge in [0.05, 0.1) is 19.2 Å². The number of carbonyl (C=O) groups excluding carboxylic acids is 1. The monoisotopic (exact) mass is 299 g/mol. The predicted molar refractivity (Wildman–Crippen MR) is 84.4 cm³/mol. The van der Waals surface area contributed by atoms with E-state index >= 15 is 0 Å². The lowest BCUT2D eigenvalue weighted by Crippen LogP contribution is -2.00. The van der Waals surface area contributed by atoms with Crippen LogP contribution in [0.3, 0.4) is 0 Å². The van der Waals surface area contributed by atoms with Crippen molar-refractivity contribution >= 4 is 28.8 Å². The number of nitrogens with zero attached hydrogens (tertiary/aromatic N) is 1. The van der Waals surface area contributed by atoms with Crippen LogP contribution in [0.2, 0.25) is 5.02 Å². The van der Waals surface area contributed by atoms with Gasteiger partial charge in [-0.25, -0.2) is 0 Å². The van der Waals surface area contributed by atoms with E-state index in [0.29, 0.717) is 17.1 Å². The highest BCUT2D eigenvalue weighted by atomic mass is 35.5. The highest BCUT2D eigenvalue weighted by molar-refractivity contribution is 6.31. The minimum atomic E-state index is 0.620. The smallest absolute Gasteiger partial charge is 0.152 e. The van der Waals surface area contributed by atoms with Gasteiger partial charge in [-0.2, -0.15) is 0 Å². The van der Waals surface area contributed by atoms with E-state index in [1.807, 2.05) is 47.2 Å². The Morgan fingerprint density at radius 3 is 2.81 bits per heavy atom. The van der Waals surface area contributed by atoms with Gasteiger partial charge in [0.2, 0.25) is 0 Å². The molecule has 0 saturated carbocycles. The van der Waals surface area contributed by atoms with Crippen LogP contribution in [0, 0.1) is 0 Å². The van der Waals surface area contributed by atoms with Crippen molar-refractivity contribution in [2.45, 2.75) is 6.54 Å². The minimum absolute atomic E-state index is 0.620. The molecule has 0 radical (unpaired) electrons. The first-order chi connectivity index (χ1) is 10.2. The predicted octanol–water partition coefficient (Wildman–Crippen LogP) is 4.16. The molecule has 0 aliphatic rings. The third-order valence-electron chi connectivity index (χ3n) is 3.54. The van der Waals surface area contributed by atoms with Crippen LogP contribution in [0.15, 0.2) is 48.7 Å². The zero-order chi connectivity index (χ0) is 14.8. The Labute approximate surface area is 127 Å². The number of aromatic nitrogens is 1. The lowest BCUT2D eigenvalue weighted by atomic mass is 10.2. The van der Waals surface area contributed by atoms with Gasteiger partial charge in [-0.15, -0.1) is 0 Å². The second kappa shape index (κ2) is 5.62. The molecule has 0 spiro atoms. The van der Waals surface area contributed by atoms with Gasteiger partial charge >= 0.3 is 0 Å². The highest BCUT2D eigenvalue weighted by Gasteiger charge is 2.10. The maximum atomic E-state index is 11.2. The summed E-state index contributed by atoms with van der Waals surface area (Å²) in [6.45, 7) is 0.620. The van der Waals surface area contributed by atoms with Gasteiger partial charge in [0.15, 0.2) is 6.29 Å². The Hall–Kier alpha value is -2.26. The summed E-state index contributed by atoms with van der Waals surface area (Å²) in [6, 6.07) is 13.4. The van der Waals surface area contributed by atoms with Crippen molar-refractivity contribution in [3.8, 4) is 5.75 Å². The fourth-order valence-corrected chi connectivity index (χ4v) is 2.70. The molecular formula is C17H14ClNO2. The number of rotatable bonds is 4. The van der Waals surface area contributed by atoms with Crippen molar-refractivity contribution in [2.24, 2.45) is 0 Å². The Morgan fingerprint density at radius 2 is 2.05 bits per heavy atom. The molecule has 21 heavy (non-hydrogen) atoms. The van der Waals surface area contributed by atoms with Gasteiger partial charge in [-0.05, 0) is 18.2 Å². The van der Waals surface area contributed by atoms with E-state index in [-0.39, 0.29) is 0 Å². The summed E-state index contributed by atoms with van der Waals surface area (Å²) in [5.41, 5.74) is 2.65. The molecule has 0 aliphatic carbocycles. The average Bonchev–Trinajstić information content (AvgIpc) is 2.85. The van der Waals surface area contributed by atoms with Gasteiger partial charge in [-0.3, -0.25) is 4.79 Å². The molecule has 1 heterocycles. The number of aldehydes is 1. The zero-order valence-electron chi connectivity index (χ0n) is 11.5. The quantitative estimate of drug-likeness (QED) is 0.677. The topological polar surface area (TPSA) is 31.2 Å². The Balaban J connectivity index is 2.12. The molecule has 0 atom stereocenters. The number of carbonyl (C=O) groups is 1. The van der Waals surface area contributed by atoms with Gasteiger partial charge in [-0.1, -0.05) is 35.9 Å². The Morgan fingerprint density at radius 1 is 1.24 bits per heavy atom. The molecule has 0 N–H and O–H groups in total. The first-order valence-electron chi connectivity index (χ1n) is 6.58. The van der Waals surface area contributed by atoms with Crippen LogP contribution in [-0.2, 0) is 6.54 Å². The second-order valence-corrected chi connectivity index (χ2v) is 5.24. The van der Waals surface area contributed by atoms with E-state index < -0.39 is 0 Å². The minimum Gasteiger partial charge on any atom is -0.496 e. The molecular weight excluding hydrogens is 286 g/mol. The maximum Gasteiger partial charge on any atom is 0.152 e. The van der Waals surface area contributed by atoms with Crippen molar-refractivity contribution in [3.63, 3.8) is 0 Å². The van der Waals surface area contributed by atoms with Crippen LogP contribution in [0.1, 0.15) is 15.9 Å². The molecule has 1 aromatic heterocycles. The van der Waals surface area contributed by atoms with E-state index in [0.717, 1.165) is 28.5 Å². The van der Waals surface area contributed by atoms with Gasteiger partial charge in [0.25, 0.3) is 0 Å². The molecule has 0 aliphatic heterocycles. The van der Waals surface area contributed by atoms with Crippen molar-refractivity contribution in [2.75, 3.05) is 7.11 Å². The molecule has 106 valence electrons. The number of benzene rings is 2. The normalized spacial score (nSPS) is 10.8. The lowest BCUT2D eigenvalue weighted by molar-refractivity contribution is 0.112. The molecule has 0 bridgehead atoms. The fraction of sp³-hybridized carbons (Fsp3) is 0.118. The van der Waals surface area contributed by atoms with Crippen molar-refractivity contribution in [3.05, 3.63) is 64.8 Å². The number of methoxy groups -OCH3 is 1. The Bertz CT molecular complexity index is 808. The Kier molecular flexibility index (Phi) is 3.67. The van der Waals surface area contributed by atoms with Crippen LogP contribution < -0.4 is 4.74 Å². The molecule has 0 saturated heterocycles. The van der Waals surface area contributed by atoms with Gasteiger partial charge in [0, 0.05) is 27.7 Å². The van der Waals surface area contributed by atoms with Gasteiger partial charge in [0.1, 0.15) is 5.75 Å². The fourth-order valence-electron chi connectivity index (χ4n) is 2.54. The van der Waals surface area contributed by atoms with Crippen molar-refractivity contribution < 1.29 is 9.53 Å². The summed E-state index contributed by atoms with van der Waals surface area (Å²) in [6.07, 6.45) is 2.72. The standard InChI is InChI=1S/C17H14ClNO2/c1-21-17-5-3-2-4-12(17)9-19-10-13(11-20)15-7-6-14(18)8-16(15)19/h2-8,10-11H,9H2,1H3. The maximum absolute atomic E-state index is 11.2. The van der Waals surface area contributed by atoms with Crippen molar-refractivity contribution in [1.29, 1.82) is 0 Å². The number of fused-ring (bicyclic) bond motifs is 1. The zero-order valence-corrected chi connectivity index (χ0v) is 12.3. The molecule has 3 nitrogen and oxygen atoms in total. The molecule has 2 aromatic carbocycles. The molecule has 0 fully saturated rings. The third kappa shape index (κ3) is 2.52. The molecule has 4 heteroatoms. The van der Waals surface area contributed by atoms with Crippen LogP contribution in [-0.4, -0.2) is 18.0 Å². The number of ether oxygens (including phenoxy) is 1. The summed E-state index contributed by atoms with van der Waals surface area (Å²) in [4.78, 5) is 11.2. The largest absolute Gasteiger partial charge is 0.496 e. The van der Waals surface area contributed by atoms with E-state index in [1.165, 1.54) is 0 Å². The lowest BCUT2D eigenvalue weighted by Gasteiger charge is -2.10. The number of para-hydroxylation sites is 1. The molecule has 3 rings (SSSR count). The molecule has 0 amide bonds. The molecule has 0 unspecified atom stereocenters. The SMILES string of the molecule is COc1ccccc1Cn1cc(C=O)c2ccc(Cl)cc21. The number of halogens is 1. The summed E-state index contributed by atoms with van der Waals surface area (Å²) in [5.74, 6) is 0.828. The first-order valence-corrected chi connectivity index (χ1v) is 6.96. The van der Waals surface area contributed by atoms with Crippen LogP contribution in [0.4, 0.5) is 0 Å². The van der Waals surface area contributed by atoms with Gasteiger partial charge < -0.3 is 9.30 Å². The van der Waals surface area contributed by atoms with Crippen LogP contribution in [0.5, 0.6) is 5.75 Å². The van der Waals surface area contributed by atoms with E-state index in [4.69, 9.17) is 16.3 Å². The van der Waals surface area contributed by atoms with E-state index in [9.17, 15) is 4.79 Å². The van der Waals surface area contributed by atoms with E-state index in [2.05, 4.69) is 0 Å². The number of hydrogen-bond donors (Lipinski definition) is 0. The third-order valence-corrected chi connectivity index (χ3v) is 3.77. The number of hydrogen-bond acceptors (Lipinski definition) is 2. The van der Waals surface area contributed by atoms with Crippen molar-refractivity contribution in [1.82, 2.24) is 4.57 Å². The van der Waals surface area contributed by atoms with Crippen LogP contribution in [0.25, 0.3) is 10.9 Å². The average molecular weight is 300 g/mol.